The second kappa shape index (κ2) is 2.74. The largest absolute Gasteiger partial charge is 0.0648 e. The molecule has 0 amide bonds. The highest BCUT2D eigenvalue weighted by molar-refractivity contribution is 5.09. The molecule has 2 unspecified atom stereocenters. The van der Waals surface area contributed by atoms with E-state index in [1.165, 1.54) is 32.1 Å². The van der Waals surface area contributed by atoms with Gasteiger partial charge in [-0.25, -0.2) is 0 Å². The van der Waals surface area contributed by atoms with Crippen molar-refractivity contribution in [3.63, 3.8) is 0 Å². The van der Waals surface area contributed by atoms with Crippen molar-refractivity contribution in [3.05, 3.63) is 0 Å². The summed E-state index contributed by atoms with van der Waals surface area (Å²) in [6, 6.07) is 0. The molecule has 76 valence electrons. The van der Waals surface area contributed by atoms with Crippen molar-refractivity contribution >= 4 is 0 Å². The zero-order valence-corrected chi connectivity index (χ0v) is 9.69. The van der Waals surface area contributed by atoms with Gasteiger partial charge in [-0.15, -0.1) is 0 Å². The highest BCUT2D eigenvalue weighted by Crippen LogP contribution is 2.68. The third-order valence-corrected chi connectivity index (χ3v) is 5.78. The third kappa shape index (κ3) is 0.926. The fourth-order valence-corrected chi connectivity index (χ4v) is 4.81. The number of hydrogen-bond donors (Lipinski definition) is 0. The average Bonchev–Trinajstić information content (AvgIpc) is 2.62. The maximum atomic E-state index is 2.53. The third-order valence-electron chi connectivity index (χ3n) is 5.78. The molecule has 0 spiro atoms. The molecule has 2 aliphatic carbocycles. The molecule has 2 fully saturated rings. The van der Waals surface area contributed by atoms with Gasteiger partial charge < -0.3 is 0 Å². The summed E-state index contributed by atoms with van der Waals surface area (Å²) in [5.41, 5.74) is 1.31. The van der Waals surface area contributed by atoms with Crippen LogP contribution in [0.5, 0.6) is 0 Å². The SMILES string of the molecule is CCC1(CC)C2CCC(C2)C1(C)C. The standard InChI is InChI=1S/C13H24/c1-5-13(6-2)11-8-7-10(9-11)12(13,3)4/h10-11H,5-9H2,1-4H3. The highest BCUT2D eigenvalue weighted by Gasteiger charge is 2.60. The molecular formula is C13H24. The van der Waals surface area contributed by atoms with Crippen molar-refractivity contribution in [2.75, 3.05) is 0 Å². The number of rotatable bonds is 2. The molecule has 0 nitrogen and oxygen atoms in total. The second-order valence-electron chi connectivity index (χ2n) is 5.79. The molecule has 0 radical (unpaired) electrons. The summed E-state index contributed by atoms with van der Waals surface area (Å²) in [5, 5.41) is 0. The fraction of sp³-hybridized carbons (Fsp3) is 1.00. The van der Waals surface area contributed by atoms with Gasteiger partial charge in [0.25, 0.3) is 0 Å². The van der Waals surface area contributed by atoms with Crippen molar-refractivity contribution < 1.29 is 0 Å². The molecule has 13 heavy (non-hydrogen) atoms. The number of hydrogen-bond acceptors (Lipinski definition) is 0. The Bertz CT molecular complexity index is 198. The molecule has 0 heteroatoms. The Kier molecular flexibility index (Phi) is 2.02. The second-order valence-corrected chi connectivity index (χ2v) is 5.79. The van der Waals surface area contributed by atoms with Gasteiger partial charge in [-0.05, 0) is 54.8 Å². The molecule has 0 aromatic rings. The minimum atomic E-state index is 0.624. The average molecular weight is 180 g/mol. The van der Waals surface area contributed by atoms with Gasteiger partial charge >= 0.3 is 0 Å². The van der Waals surface area contributed by atoms with Crippen molar-refractivity contribution in [2.24, 2.45) is 22.7 Å². The molecule has 0 aliphatic heterocycles. The van der Waals surface area contributed by atoms with E-state index in [4.69, 9.17) is 0 Å². The van der Waals surface area contributed by atoms with Crippen LogP contribution in [0.25, 0.3) is 0 Å². The summed E-state index contributed by atoms with van der Waals surface area (Å²) in [7, 11) is 0. The van der Waals surface area contributed by atoms with E-state index in [1.807, 2.05) is 0 Å². The van der Waals surface area contributed by atoms with Crippen LogP contribution in [0.4, 0.5) is 0 Å². The normalized spacial score (nSPS) is 39.7. The molecule has 0 aromatic carbocycles. The molecular weight excluding hydrogens is 156 g/mol. The molecule has 0 heterocycles. The van der Waals surface area contributed by atoms with E-state index in [0.717, 1.165) is 11.8 Å². The highest BCUT2D eigenvalue weighted by atomic mass is 14.6. The van der Waals surface area contributed by atoms with E-state index in [9.17, 15) is 0 Å². The summed E-state index contributed by atoms with van der Waals surface area (Å²) in [6.45, 7) is 9.88. The predicted molar refractivity (Wildman–Crippen MR) is 57.6 cm³/mol. The maximum Gasteiger partial charge on any atom is -0.0220 e. The molecule has 2 aliphatic rings. The lowest BCUT2D eigenvalue weighted by molar-refractivity contribution is -0.00424. The Balaban J connectivity index is 2.36. The lowest BCUT2D eigenvalue weighted by Gasteiger charge is -2.49. The van der Waals surface area contributed by atoms with E-state index < -0.39 is 0 Å². The lowest BCUT2D eigenvalue weighted by Crippen LogP contribution is -2.42. The predicted octanol–water partition coefficient (Wildman–Crippen LogP) is 4.25. The zero-order valence-electron chi connectivity index (χ0n) is 9.69. The van der Waals surface area contributed by atoms with E-state index in [0.29, 0.717) is 10.8 Å². The minimum absolute atomic E-state index is 0.624. The van der Waals surface area contributed by atoms with E-state index in [1.54, 1.807) is 0 Å². The molecule has 2 saturated carbocycles. The van der Waals surface area contributed by atoms with Crippen LogP contribution in [0.1, 0.15) is 59.8 Å². The Labute approximate surface area is 83.1 Å². The van der Waals surface area contributed by atoms with Crippen LogP contribution in [0, 0.1) is 22.7 Å². The van der Waals surface area contributed by atoms with Crippen LogP contribution in [0.15, 0.2) is 0 Å². The Morgan fingerprint density at radius 2 is 1.54 bits per heavy atom. The van der Waals surface area contributed by atoms with E-state index in [-0.39, 0.29) is 0 Å². The van der Waals surface area contributed by atoms with Gasteiger partial charge in [0.1, 0.15) is 0 Å². The smallest absolute Gasteiger partial charge is 0.0220 e. The lowest BCUT2D eigenvalue weighted by atomic mass is 9.55. The van der Waals surface area contributed by atoms with Crippen molar-refractivity contribution in [1.29, 1.82) is 0 Å². The van der Waals surface area contributed by atoms with Gasteiger partial charge in [-0.2, -0.15) is 0 Å². The van der Waals surface area contributed by atoms with Crippen LogP contribution >= 0.6 is 0 Å². The van der Waals surface area contributed by atoms with Gasteiger partial charge in [-0.3, -0.25) is 0 Å². The van der Waals surface area contributed by atoms with Crippen LogP contribution in [-0.4, -0.2) is 0 Å². The first-order valence-electron chi connectivity index (χ1n) is 6.08. The minimum Gasteiger partial charge on any atom is -0.0648 e. The van der Waals surface area contributed by atoms with Crippen LogP contribution in [-0.2, 0) is 0 Å². The van der Waals surface area contributed by atoms with E-state index >= 15 is 0 Å². The summed E-state index contributed by atoms with van der Waals surface area (Å²) in [6.07, 6.45) is 7.37. The quantitative estimate of drug-likeness (QED) is 0.596. The van der Waals surface area contributed by atoms with Gasteiger partial charge in [0.15, 0.2) is 0 Å². The summed E-state index contributed by atoms with van der Waals surface area (Å²) in [5.74, 6) is 2.10. The summed E-state index contributed by atoms with van der Waals surface area (Å²) >= 11 is 0. The Morgan fingerprint density at radius 1 is 1.00 bits per heavy atom. The molecule has 0 aromatic heterocycles. The molecule has 0 saturated heterocycles. The molecule has 2 rings (SSSR count). The van der Waals surface area contributed by atoms with Crippen LogP contribution in [0.2, 0.25) is 0 Å². The topological polar surface area (TPSA) is 0 Å². The molecule has 0 N–H and O–H groups in total. The number of fused-ring (bicyclic) bond motifs is 2. The van der Waals surface area contributed by atoms with Crippen molar-refractivity contribution in [3.8, 4) is 0 Å². The van der Waals surface area contributed by atoms with Gasteiger partial charge in [0, 0.05) is 0 Å². The van der Waals surface area contributed by atoms with Crippen molar-refractivity contribution in [1.82, 2.24) is 0 Å². The van der Waals surface area contributed by atoms with Crippen LogP contribution < -0.4 is 0 Å². The van der Waals surface area contributed by atoms with Crippen molar-refractivity contribution in [2.45, 2.75) is 59.8 Å². The van der Waals surface area contributed by atoms with Gasteiger partial charge in [0.05, 0.1) is 0 Å². The molecule has 2 atom stereocenters. The van der Waals surface area contributed by atoms with Gasteiger partial charge in [-0.1, -0.05) is 27.7 Å². The molecule has 2 bridgehead atoms. The Morgan fingerprint density at radius 3 is 1.85 bits per heavy atom. The summed E-state index contributed by atoms with van der Waals surface area (Å²) < 4.78 is 0. The maximum absolute atomic E-state index is 2.53. The van der Waals surface area contributed by atoms with Crippen LogP contribution in [0.3, 0.4) is 0 Å². The summed E-state index contributed by atoms with van der Waals surface area (Å²) in [4.78, 5) is 0. The first-order valence-corrected chi connectivity index (χ1v) is 6.08. The van der Waals surface area contributed by atoms with E-state index in [2.05, 4.69) is 27.7 Å². The Hall–Kier alpha value is 0. The monoisotopic (exact) mass is 180 g/mol. The first kappa shape index (κ1) is 9.55. The fourth-order valence-electron chi connectivity index (χ4n) is 4.81. The van der Waals surface area contributed by atoms with Gasteiger partial charge in [0.2, 0.25) is 0 Å². The first-order chi connectivity index (χ1) is 6.08. The zero-order chi connectivity index (χ0) is 9.69.